The fraction of sp³-hybridized carbons (Fsp3) is 0.0526. The fourth-order valence-electron chi connectivity index (χ4n) is 2.34. The summed E-state index contributed by atoms with van der Waals surface area (Å²) in [7, 11) is -3.90. The van der Waals surface area contributed by atoms with Crippen molar-refractivity contribution in [3.8, 4) is 11.5 Å². The van der Waals surface area contributed by atoms with Crippen LogP contribution in [0.1, 0.15) is 11.1 Å². The zero-order valence-corrected chi connectivity index (χ0v) is 16.0. The normalized spacial score (nSPS) is 11.3. The Morgan fingerprint density at radius 3 is 2.55 bits per heavy atom. The van der Waals surface area contributed by atoms with E-state index in [0.29, 0.717) is 11.5 Å². The van der Waals surface area contributed by atoms with E-state index in [2.05, 4.69) is 10.1 Å². The second kappa shape index (κ2) is 8.48. The molecule has 0 aliphatic rings. The summed E-state index contributed by atoms with van der Waals surface area (Å²) in [5, 5.41) is 14.9. The Morgan fingerprint density at radius 2 is 1.90 bits per heavy atom. The number of hydrogen-bond donors (Lipinski definition) is 1. The van der Waals surface area contributed by atoms with E-state index < -0.39 is 14.9 Å². The quantitative estimate of drug-likeness (QED) is 0.360. The summed E-state index contributed by atoms with van der Waals surface area (Å²) in [4.78, 5) is 16.7. The predicted molar refractivity (Wildman–Crippen MR) is 107 cm³/mol. The van der Waals surface area contributed by atoms with Gasteiger partial charge in [-0.1, -0.05) is 17.7 Å². The molecule has 10 heteroatoms. The van der Waals surface area contributed by atoms with Gasteiger partial charge in [0.15, 0.2) is 0 Å². The molecule has 0 atom stereocenters. The van der Waals surface area contributed by atoms with Crippen molar-refractivity contribution in [3.63, 3.8) is 0 Å². The Morgan fingerprint density at radius 1 is 1.14 bits per heavy atom. The maximum absolute atomic E-state index is 12.3. The van der Waals surface area contributed by atoms with Crippen LogP contribution in [0.25, 0.3) is 0 Å². The van der Waals surface area contributed by atoms with Gasteiger partial charge in [0.05, 0.1) is 27.8 Å². The van der Waals surface area contributed by atoms with Crippen LogP contribution < -0.4 is 9.57 Å². The third kappa shape index (κ3) is 5.14. The number of nitro groups is 1. The number of nitro benzene ring substituents is 1. The molecule has 9 nitrogen and oxygen atoms in total. The van der Waals surface area contributed by atoms with Crippen LogP contribution in [0.4, 0.5) is 5.69 Å². The van der Waals surface area contributed by atoms with Gasteiger partial charge in [-0.2, -0.15) is 13.5 Å². The van der Waals surface area contributed by atoms with Crippen molar-refractivity contribution in [3.05, 3.63) is 88.2 Å². The summed E-state index contributed by atoms with van der Waals surface area (Å²) in [6, 6.07) is 13.6. The first-order valence-corrected chi connectivity index (χ1v) is 9.81. The second-order valence-electron chi connectivity index (χ2n) is 5.93. The summed E-state index contributed by atoms with van der Waals surface area (Å²) in [6.45, 7) is 1.83. The third-order valence-corrected chi connectivity index (χ3v) is 5.01. The SMILES string of the molecule is Cc1ccc(S(=O)(=O)NN=Cc2cc(Oc3cccnc3)ccc2[N+](=O)[O-])cc1. The molecular formula is C19H16N4O5S. The molecule has 2 aromatic carbocycles. The van der Waals surface area contributed by atoms with Gasteiger partial charge in [-0.3, -0.25) is 15.1 Å². The standard InChI is InChI=1S/C19H16N4O5S/c1-14-4-7-18(8-5-14)29(26,27)22-21-12-15-11-16(6-9-19(15)23(24)25)28-17-3-2-10-20-13-17/h2-13,22H,1H3. The van der Waals surface area contributed by atoms with Gasteiger partial charge in [0.1, 0.15) is 11.5 Å². The minimum Gasteiger partial charge on any atom is -0.456 e. The number of nitrogens with zero attached hydrogens (tertiary/aromatic N) is 3. The molecule has 0 bridgehead atoms. The second-order valence-corrected chi connectivity index (χ2v) is 7.60. The number of pyridine rings is 1. The maximum Gasteiger partial charge on any atom is 0.278 e. The topological polar surface area (TPSA) is 124 Å². The molecule has 0 spiro atoms. The molecule has 0 radical (unpaired) electrons. The molecular weight excluding hydrogens is 396 g/mol. The number of nitrogens with one attached hydrogen (secondary N) is 1. The lowest BCUT2D eigenvalue weighted by atomic mass is 10.2. The minimum absolute atomic E-state index is 0.0309. The molecule has 148 valence electrons. The highest BCUT2D eigenvalue weighted by Crippen LogP contribution is 2.26. The van der Waals surface area contributed by atoms with Gasteiger partial charge >= 0.3 is 0 Å². The monoisotopic (exact) mass is 412 g/mol. The van der Waals surface area contributed by atoms with Crippen LogP contribution in [-0.4, -0.2) is 24.5 Å². The Balaban J connectivity index is 1.83. The molecule has 1 aromatic heterocycles. The summed E-state index contributed by atoms with van der Waals surface area (Å²) >= 11 is 0. The van der Waals surface area contributed by atoms with E-state index in [9.17, 15) is 18.5 Å². The summed E-state index contributed by atoms with van der Waals surface area (Å²) in [5.41, 5.74) is 0.735. The van der Waals surface area contributed by atoms with E-state index in [1.807, 2.05) is 11.8 Å². The molecule has 3 rings (SSSR count). The molecule has 29 heavy (non-hydrogen) atoms. The lowest BCUT2D eigenvalue weighted by Crippen LogP contribution is -2.18. The van der Waals surface area contributed by atoms with Gasteiger partial charge in [-0.15, -0.1) is 0 Å². The van der Waals surface area contributed by atoms with E-state index in [-0.39, 0.29) is 16.1 Å². The molecule has 3 aromatic rings. The van der Waals surface area contributed by atoms with Crippen LogP contribution in [0.5, 0.6) is 11.5 Å². The summed E-state index contributed by atoms with van der Waals surface area (Å²) in [5.74, 6) is 0.760. The molecule has 0 aliphatic carbocycles. The number of rotatable bonds is 7. The molecule has 1 N–H and O–H groups in total. The molecule has 0 saturated carbocycles. The van der Waals surface area contributed by atoms with Crippen LogP contribution in [0.3, 0.4) is 0 Å². The van der Waals surface area contributed by atoms with Crippen molar-refractivity contribution in [1.82, 2.24) is 9.82 Å². The first-order valence-electron chi connectivity index (χ1n) is 8.33. The predicted octanol–water partition coefficient (Wildman–Crippen LogP) is 3.40. The van der Waals surface area contributed by atoms with E-state index in [1.54, 1.807) is 30.5 Å². The molecule has 0 fully saturated rings. The lowest BCUT2D eigenvalue weighted by Gasteiger charge is -2.06. The molecule has 0 unspecified atom stereocenters. The van der Waals surface area contributed by atoms with E-state index in [1.165, 1.54) is 36.5 Å². The summed E-state index contributed by atoms with van der Waals surface area (Å²) < 4.78 is 30.1. The van der Waals surface area contributed by atoms with Crippen LogP contribution in [0.2, 0.25) is 0 Å². The minimum atomic E-state index is -3.90. The van der Waals surface area contributed by atoms with Crippen LogP contribution in [0, 0.1) is 17.0 Å². The zero-order chi connectivity index (χ0) is 20.9. The zero-order valence-electron chi connectivity index (χ0n) is 15.2. The van der Waals surface area contributed by atoms with Crippen molar-refractivity contribution < 1.29 is 18.1 Å². The van der Waals surface area contributed by atoms with Crippen molar-refractivity contribution in [1.29, 1.82) is 0 Å². The van der Waals surface area contributed by atoms with Gasteiger partial charge < -0.3 is 4.74 Å². The highest BCUT2D eigenvalue weighted by molar-refractivity contribution is 7.89. The largest absolute Gasteiger partial charge is 0.456 e. The van der Waals surface area contributed by atoms with Crippen LogP contribution >= 0.6 is 0 Å². The van der Waals surface area contributed by atoms with E-state index >= 15 is 0 Å². The average Bonchev–Trinajstić information content (AvgIpc) is 2.69. The van der Waals surface area contributed by atoms with Crippen molar-refractivity contribution in [2.24, 2.45) is 5.10 Å². The number of aromatic nitrogens is 1. The van der Waals surface area contributed by atoms with Gasteiger partial charge in [0, 0.05) is 12.3 Å². The van der Waals surface area contributed by atoms with E-state index in [0.717, 1.165) is 11.8 Å². The number of aryl methyl sites for hydroxylation is 1. The maximum atomic E-state index is 12.3. The molecule has 0 aliphatic heterocycles. The Hall–Kier alpha value is -3.79. The van der Waals surface area contributed by atoms with Gasteiger partial charge in [0.25, 0.3) is 15.7 Å². The highest BCUT2D eigenvalue weighted by Gasteiger charge is 2.15. The highest BCUT2D eigenvalue weighted by atomic mass is 32.2. The molecule has 0 amide bonds. The van der Waals surface area contributed by atoms with E-state index in [4.69, 9.17) is 4.74 Å². The van der Waals surface area contributed by atoms with Gasteiger partial charge in [-0.05, 0) is 43.3 Å². The van der Waals surface area contributed by atoms with Crippen molar-refractivity contribution in [2.75, 3.05) is 0 Å². The first-order chi connectivity index (χ1) is 13.8. The lowest BCUT2D eigenvalue weighted by molar-refractivity contribution is -0.385. The Kier molecular flexibility index (Phi) is 5.84. The van der Waals surface area contributed by atoms with Crippen LogP contribution in [-0.2, 0) is 10.0 Å². The number of hydrogen-bond acceptors (Lipinski definition) is 7. The molecule has 0 saturated heterocycles. The van der Waals surface area contributed by atoms with Crippen molar-refractivity contribution in [2.45, 2.75) is 11.8 Å². The van der Waals surface area contributed by atoms with Crippen molar-refractivity contribution >= 4 is 21.9 Å². The third-order valence-electron chi connectivity index (χ3n) is 3.77. The number of ether oxygens (including phenoxy) is 1. The van der Waals surface area contributed by atoms with Gasteiger partial charge in [-0.25, -0.2) is 4.83 Å². The summed E-state index contributed by atoms with van der Waals surface area (Å²) in [6.07, 6.45) is 4.13. The average molecular weight is 412 g/mol. The Labute approximate surface area is 166 Å². The molecule has 1 heterocycles. The van der Waals surface area contributed by atoms with Gasteiger partial charge in [0.2, 0.25) is 0 Å². The number of sulfonamides is 1. The fourth-order valence-corrected chi connectivity index (χ4v) is 3.14. The number of benzene rings is 2. The first kappa shape index (κ1) is 20.0. The number of hydrazone groups is 1. The Bertz CT molecular complexity index is 1150. The smallest absolute Gasteiger partial charge is 0.278 e. The van der Waals surface area contributed by atoms with Crippen LogP contribution in [0.15, 0.2) is 77.0 Å².